The van der Waals surface area contributed by atoms with Gasteiger partial charge in [-0.15, -0.1) is 11.3 Å². The van der Waals surface area contributed by atoms with Crippen molar-refractivity contribution in [3.63, 3.8) is 0 Å². The average Bonchev–Trinajstić information content (AvgIpc) is 2.63. The number of hydrogen-bond donors (Lipinski definition) is 0. The Morgan fingerprint density at radius 1 is 1.28 bits per heavy atom. The predicted octanol–water partition coefficient (Wildman–Crippen LogP) is 6.86. The second-order valence-corrected chi connectivity index (χ2v) is 8.33. The van der Waals surface area contributed by atoms with E-state index in [4.69, 9.17) is 11.6 Å². The molecule has 2 rings (SSSR count). The van der Waals surface area contributed by atoms with E-state index in [0.717, 1.165) is 18.7 Å². The Morgan fingerprint density at radius 3 is 2.50 bits per heavy atom. The van der Waals surface area contributed by atoms with Crippen LogP contribution >= 0.6 is 70.7 Å². The monoisotopic (exact) mass is 474 g/mol. The van der Waals surface area contributed by atoms with Gasteiger partial charge in [-0.2, -0.15) is 0 Å². The third-order valence-electron chi connectivity index (χ3n) is 2.47. The number of alkyl halides is 1. The van der Waals surface area contributed by atoms with Crippen LogP contribution in [0.15, 0.2) is 26.5 Å². The van der Waals surface area contributed by atoms with Crippen LogP contribution in [-0.2, 0) is 0 Å². The highest BCUT2D eigenvalue weighted by Crippen LogP contribution is 2.43. The molecule has 0 aliphatic rings. The highest BCUT2D eigenvalue weighted by Gasteiger charge is 2.18. The number of rotatable bonds is 2. The maximum absolute atomic E-state index is 13.4. The van der Waals surface area contributed by atoms with E-state index in [1.54, 1.807) is 24.3 Å². The Kier molecular flexibility index (Phi) is 4.92. The summed E-state index contributed by atoms with van der Waals surface area (Å²) in [6.45, 7) is 1.73. The van der Waals surface area contributed by atoms with E-state index >= 15 is 0 Å². The summed E-state index contributed by atoms with van der Waals surface area (Å²) in [7, 11) is 0. The Bertz CT molecular complexity index is 578. The zero-order valence-electron chi connectivity index (χ0n) is 9.11. The molecule has 0 spiro atoms. The zero-order valence-corrected chi connectivity index (χ0v) is 15.4. The molecule has 0 saturated heterocycles. The third-order valence-corrected chi connectivity index (χ3v) is 7.40. The smallest absolute Gasteiger partial charge is 0.127 e. The Hall–Kier alpha value is 0.580. The molecule has 0 nitrogen and oxygen atoms in total. The summed E-state index contributed by atoms with van der Waals surface area (Å²) >= 11 is 18.2. The van der Waals surface area contributed by atoms with E-state index in [2.05, 4.69) is 47.8 Å². The summed E-state index contributed by atoms with van der Waals surface area (Å²) < 4.78 is 15.4. The molecule has 1 atom stereocenters. The van der Waals surface area contributed by atoms with Gasteiger partial charge in [-0.3, -0.25) is 0 Å². The first-order valence-corrected chi connectivity index (χ1v) is 8.64. The minimum Gasteiger partial charge on any atom is -0.207 e. The summed E-state index contributed by atoms with van der Waals surface area (Å²) in [4.78, 5) is 1.05. The molecule has 0 fully saturated rings. The molecule has 0 aliphatic heterocycles. The first-order chi connectivity index (χ1) is 8.40. The van der Waals surface area contributed by atoms with Gasteiger partial charge in [0.1, 0.15) is 5.82 Å². The first kappa shape index (κ1) is 15.0. The quantitative estimate of drug-likeness (QED) is 0.415. The summed E-state index contributed by atoms with van der Waals surface area (Å²) in [5, 5.41) is 0.431. The number of aryl methyl sites for hydroxylation is 1. The Balaban J connectivity index is 2.45. The molecule has 2 aromatic rings. The number of hydrogen-bond acceptors (Lipinski definition) is 1. The lowest BCUT2D eigenvalue weighted by atomic mass is 10.1. The molecule has 1 unspecified atom stereocenters. The van der Waals surface area contributed by atoms with Crippen molar-refractivity contribution in [1.82, 2.24) is 0 Å². The zero-order chi connectivity index (χ0) is 13.4. The van der Waals surface area contributed by atoms with E-state index in [0.29, 0.717) is 10.6 Å². The van der Waals surface area contributed by atoms with E-state index in [9.17, 15) is 4.39 Å². The van der Waals surface area contributed by atoms with Crippen molar-refractivity contribution in [3.8, 4) is 0 Å². The van der Waals surface area contributed by atoms with Gasteiger partial charge in [0.15, 0.2) is 0 Å². The van der Waals surface area contributed by atoms with Crippen LogP contribution in [0.5, 0.6) is 0 Å². The molecule has 96 valence electrons. The van der Waals surface area contributed by atoms with Crippen molar-refractivity contribution >= 4 is 70.7 Å². The molecule has 18 heavy (non-hydrogen) atoms. The minimum atomic E-state index is -0.281. The topological polar surface area (TPSA) is 0 Å². The predicted molar refractivity (Wildman–Crippen MR) is 86.6 cm³/mol. The lowest BCUT2D eigenvalue weighted by molar-refractivity contribution is 0.618. The number of halogens is 5. The summed E-state index contributed by atoms with van der Waals surface area (Å²) in [6.07, 6.45) is 0. The average molecular weight is 477 g/mol. The van der Waals surface area contributed by atoms with Gasteiger partial charge in [0.05, 0.1) is 8.61 Å². The number of thiophene rings is 1. The Labute approximate surface area is 139 Å². The van der Waals surface area contributed by atoms with Gasteiger partial charge in [0.25, 0.3) is 0 Å². The molecule has 0 amide bonds. The van der Waals surface area contributed by atoms with Crippen LogP contribution in [0.3, 0.4) is 0 Å². The molecule has 0 N–H and O–H groups in total. The molecule has 0 radical (unpaired) electrons. The molecular weight excluding hydrogens is 470 g/mol. The summed E-state index contributed by atoms with van der Waals surface area (Å²) in [5.74, 6) is -0.281. The van der Waals surface area contributed by atoms with Crippen LogP contribution in [0.4, 0.5) is 4.39 Å². The fourth-order valence-corrected chi connectivity index (χ4v) is 4.78. The van der Waals surface area contributed by atoms with Crippen molar-refractivity contribution in [2.24, 2.45) is 0 Å². The van der Waals surface area contributed by atoms with Gasteiger partial charge < -0.3 is 0 Å². The number of benzene rings is 1. The molecule has 0 saturated carbocycles. The molecular formula is C12H7Br3ClFS. The fraction of sp³-hybridized carbons (Fsp3) is 0.167. The van der Waals surface area contributed by atoms with Crippen LogP contribution in [0, 0.1) is 12.7 Å². The molecule has 6 heteroatoms. The normalized spacial score (nSPS) is 12.8. The van der Waals surface area contributed by atoms with Crippen LogP contribution in [0.2, 0.25) is 5.02 Å². The van der Waals surface area contributed by atoms with E-state index < -0.39 is 0 Å². The van der Waals surface area contributed by atoms with Crippen molar-refractivity contribution < 1.29 is 4.39 Å². The van der Waals surface area contributed by atoms with Gasteiger partial charge in [0.2, 0.25) is 0 Å². The van der Waals surface area contributed by atoms with Crippen molar-refractivity contribution in [3.05, 3.63) is 53.3 Å². The summed E-state index contributed by atoms with van der Waals surface area (Å²) in [6, 6.07) is 5.15. The maximum Gasteiger partial charge on any atom is 0.127 e. The molecule has 1 aromatic carbocycles. The molecule has 0 aliphatic carbocycles. The van der Waals surface area contributed by atoms with Crippen LogP contribution in [0.1, 0.15) is 20.8 Å². The summed E-state index contributed by atoms with van der Waals surface area (Å²) in [5.41, 5.74) is 1.46. The molecule has 1 aromatic heterocycles. The second-order valence-electron chi connectivity index (χ2n) is 3.76. The van der Waals surface area contributed by atoms with Gasteiger partial charge in [-0.1, -0.05) is 33.6 Å². The lowest BCUT2D eigenvalue weighted by Crippen LogP contribution is -1.94. The van der Waals surface area contributed by atoms with Crippen LogP contribution in [0.25, 0.3) is 0 Å². The van der Waals surface area contributed by atoms with E-state index in [-0.39, 0.29) is 10.6 Å². The minimum absolute atomic E-state index is 0.0445. The van der Waals surface area contributed by atoms with Gasteiger partial charge in [-0.05, 0) is 62.0 Å². The largest absolute Gasteiger partial charge is 0.207 e. The lowest BCUT2D eigenvalue weighted by Gasteiger charge is -2.11. The first-order valence-electron chi connectivity index (χ1n) is 4.94. The fourth-order valence-electron chi connectivity index (χ4n) is 1.52. The van der Waals surface area contributed by atoms with Crippen LogP contribution in [-0.4, -0.2) is 0 Å². The Morgan fingerprint density at radius 2 is 1.94 bits per heavy atom. The van der Waals surface area contributed by atoms with Gasteiger partial charge >= 0.3 is 0 Å². The highest BCUT2D eigenvalue weighted by atomic mass is 79.9. The standard InChI is InChI=1S/C12H7Br3ClFS/c1-5-2-6(8(16)4-9(5)17)11(14)10-3-7(13)12(15)18-10/h2-4,11H,1H3. The van der Waals surface area contributed by atoms with E-state index in [1.807, 2.05) is 6.07 Å². The molecule has 0 bridgehead atoms. The van der Waals surface area contributed by atoms with Gasteiger partial charge in [0, 0.05) is 14.4 Å². The van der Waals surface area contributed by atoms with Crippen molar-refractivity contribution in [1.29, 1.82) is 0 Å². The third kappa shape index (κ3) is 3.01. The van der Waals surface area contributed by atoms with Gasteiger partial charge in [-0.25, -0.2) is 4.39 Å². The maximum atomic E-state index is 13.4. The van der Waals surface area contributed by atoms with Crippen LogP contribution < -0.4 is 0 Å². The van der Waals surface area contributed by atoms with Crippen molar-refractivity contribution in [2.75, 3.05) is 0 Å². The SMILES string of the molecule is Cc1cc(C(Br)c2cc(Br)c(Br)s2)c(Cl)cc1F. The second kappa shape index (κ2) is 5.92. The van der Waals surface area contributed by atoms with Crippen molar-refractivity contribution in [2.45, 2.75) is 11.8 Å². The van der Waals surface area contributed by atoms with E-state index in [1.165, 1.54) is 6.07 Å². The molecule has 1 heterocycles. The highest BCUT2D eigenvalue weighted by molar-refractivity contribution is 9.13.